The average Bonchev–Trinajstić information content (AvgIpc) is 2.62. The Balaban J connectivity index is 1.56. The summed E-state index contributed by atoms with van der Waals surface area (Å²) in [5.74, 6) is -0.144. The molecule has 3 heterocycles. The number of alkyl halides is 1. The highest BCUT2D eigenvalue weighted by Crippen LogP contribution is 2.19. The summed E-state index contributed by atoms with van der Waals surface area (Å²) < 4.78 is 20.0. The van der Waals surface area contributed by atoms with Crippen LogP contribution in [0.1, 0.15) is 6.92 Å². The Morgan fingerprint density at radius 2 is 1.88 bits per heavy atom. The third-order valence-electron chi connectivity index (χ3n) is 5.13. The zero-order valence-corrected chi connectivity index (χ0v) is 14.7. The van der Waals surface area contributed by atoms with Crippen LogP contribution in [-0.4, -0.2) is 105 Å². The molecule has 3 rings (SSSR count). The predicted molar refractivity (Wildman–Crippen MR) is 89.9 cm³/mol. The van der Waals surface area contributed by atoms with Crippen LogP contribution in [0.4, 0.5) is 4.39 Å². The first kappa shape index (κ1) is 18.5. The molecule has 0 aromatic heterocycles. The fraction of sp³-hybridized carbons (Fsp3) is 0.875. The van der Waals surface area contributed by atoms with E-state index < -0.39 is 12.3 Å². The number of morpholine rings is 1. The lowest BCUT2D eigenvalue weighted by atomic mass is 9.96. The van der Waals surface area contributed by atoms with Crippen LogP contribution in [0.2, 0.25) is 0 Å². The summed E-state index contributed by atoms with van der Waals surface area (Å²) in [6, 6.07) is -0.607. The number of nitrogens with one attached hydrogen (secondary N) is 3. The number of hydrogen-bond acceptors (Lipinski definition) is 6. The van der Waals surface area contributed by atoms with Gasteiger partial charge >= 0.3 is 0 Å². The summed E-state index contributed by atoms with van der Waals surface area (Å²) in [6.45, 7) is 6.50. The fourth-order valence-corrected chi connectivity index (χ4v) is 3.92. The molecule has 3 aliphatic heterocycles. The molecule has 0 radical (unpaired) electrons. The molecule has 3 saturated heterocycles. The average molecular weight is 357 g/mol. The molecule has 2 amide bonds. The van der Waals surface area contributed by atoms with Crippen LogP contribution in [0.15, 0.2) is 0 Å². The van der Waals surface area contributed by atoms with E-state index in [2.05, 4.69) is 20.9 Å². The van der Waals surface area contributed by atoms with Crippen molar-refractivity contribution in [2.75, 3.05) is 59.0 Å². The van der Waals surface area contributed by atoms with Gasteiger partial charge < -0.3 is 25.6 Å². The molecule has 3 fully saturated rings. The first-order chi connectivity index (χ1) is 12.1. The highest BCUT2D eigenvalue weighted by atomic mass is 19.1. The number of hydrogen-bond donors (Lipinski definition) is 3. The molecule has 0 aromatic carbocycles. The molecule has 4 unspecified atom stereocenters. The van der Waals surface area contributed by atoms with Crippen molar-refractivity contribution in [3.63, 3.8) is 0 Å². The third kappa shape index (κ3) is 4.46. The summed E-state index contributed by atoms with van der Waals surface area (Å²) in [5, 5.41) is 9.04. The molecule has 3 aliphatic rings. The van der Waals surface area contributed by atoms with Gasteiger partial charge in [0.2, 0.25) is 5.91 Å². The van der Waals surface area contributed by atoms with Crippen LogP contribution >= 0.6 is 0 Å². The van der Waals surface area contributed by atoms with Crippen molar-refractivity contribution in [2.45, 2.75) is 31.3 Å². The molecule has 3 N–H and O–H groups in total. The van der Waals surface area contributed by atoms with Crippen molar-refractivity contribution >= 4 is 11.8 Å². The first-order valence-electron chi connectivity index (χ1n) is 9.03. The molecule has 9 heteroatoms. The summed E-state index contributed by atoms with van der Waals surface area (Å²) >= 11 is 0. The fourth-order valence-electron chi connectivity index (χ4n) is 3.92. The Morgan fingerprint density at radius 1 is 1.12 bits per heavy atom. The van der Waals surface area contributed by atoms with E-state index in [4.69, 9.17) is 4.74 Å². The number of carbonyl (C=O) groups is 2. The maximum Gasteiger partial charge on any atom is 0.253 e. The normalized spacial score (nSPS) is 34.6. The van der Waals surface area contributed by atoms with Crippen molar-refractivity contribution in [1.82, 2.24) is 25.8 Å². The number of piperidine rings is 1. The van der Waals surface area contributed by atoms with Crippen LogP contribution in [-0.2, 0) is 14.3 Å². The van der Waals surface area contributed by atoms with Gasteiger partial charge in [0.05, 0.1) is 18.7 Å². The van der Waals surface area contributed by atoms with Gasteiger partial charge in [0.25, 0.3) is 5.91 Å². The van der Waals surface area contributed by atoms with Crippen LogP contribution in [0, 0.1) is 0 Å². The van der Waals surface area contributed by atoms with Gasteiger partial charge in [0.15, 0.2) is 0 Å². The number of halogens is 1. The molecule has 0 aromatic rings. The highest BCUT2D eigenvalue weighted by Gasteiger charge is 2.40. The molecule has 0 spiro atoms. The van der Waals surface area contributed by atoms with E-state index in [0.29, 0.717) is 52.4 Å². The zero-order valence-electron chi connectivity index (χ0n) is 14.7. The Labute approximate surface area is 147 Å². The van der Waals surface area contributed by atoms with Crippen LogP contribution in [0.25, 0.3) is 0 Å². The molecule has 8 nitrogen and oxygen atoms in total. The second kappa shape index (κ2) is 8.39. The third-order valence-corrected chi connectivity index (χ3v) is 5.13. The van der Waals surface area contributed by atoms with E-state index in [9.17, 15) is 14.0 Å². The Kier molecular flexibility index (Phi) is 6.21. The van der Waals surface area contributed by atoms with Crippen LogP contribution in [0.5, 0.6) is 0 Å². The second-order valence-electron chi connectivity index (χ2n) is 6.90. The lowest BCUT2D eigenvalue weighted by Gasteiger charge is -2.46. The molecule has 0 saturated carbocycles. The molecule has 0 bridgehead atoms. The van der Waals surface area contributed by atoms with Crippen molar-refractivity contribution < 1.29 is 18.7 Å². The van der Waals surface area contributed by atoms with Gasteiger partial charge in [-0.2, -0.15) is 0 Å². The number of amides is 2. The van der Waals surface area contributed by atoms with E-state index in [1.165, 1.54) is 6.92 Å². The number of nitrogens with zero attached hydrogens (tertiary/aromatic N) is 2. The lowest BCUT2D eigenvalue weighted by molar-refractivity contribution is -0.147. The van der Waals surface area contributed by atoms with Crippen LogP contribution < -0.4 is 16.0 Å². The molecule has 142 valence electrons. The molecule has 4 atom stereocenters. The summed E-state index contributed by atoms with van der Waals surface area (Å²) in [7, 11) is 0. The standard InChI is InChI=1S/C16H28FN5O3/c1-11(23)20-13-9-19-8-12(17)15(13)21-3-5-22(6-4-21)16(24)14-10-18-2-7-25-14/h12-15,18-19H,2-10H2,1H3,(H,20,23). The van der Waals surface area contributed by atoms with Gasteiger partial charge in [-0.05, 0) is 0 Å². The smallest absolute Gasteiger partial charge is 0.253 e. The molecular weight excluding hydrogens is 329 g/mol. The van der Waals surface area contributed by atoms with E-state index in [-0.39, 0.29) is 23.9 Å². The van der Waals surface area contributed by atoms with Gasteiger partial charge in [-0.3, -0.25) is 14.5 Å². The van der Waals surface area contributed by atoms with Crippen molar-refractivity contribution in [2.24, 2.45) is 0 Å². The topological polar surface area (TPSA) is 85.9 Å². The monoisotopic (exact) mass is 357 g/mol. The van der Waals surface area contributed by atoms with Gasteiger partial charge in [-0.15, -0.1) is 0 Å². The van der Waals surface area contributed by atoms with E-state index in [1.807, 2.05) is 0 Å². The predicted octanol–water partition coefficient (Wildman–Crippen LogP) is -2.07. The summed E-state index contributed by atoms with van der Waals surface area (Å²) in [6.07, 6.45) is -1.46. The van der Waals surface area contributed by atoms with Crippen molar-refractivity contribution in [1.29, 1.82) is 0 Å². The minimum absolute atomic E-state index is 0.00682. The highest BCUT2D eigenvalue weighted by molar-refractivity contribution is 5.81. The Hall–Kier alpha value is -1.29. The lowest BCUT2D eigenvalue weighted by Crippen LogP contribution is -2.67. The summed E-state index contributed by atoms with van der Waals surface area (Å²) in [4.78, 5) is 27.8. The maximum atomic E-state index is 14.5. The minimum atomic E-state index is -1.04. The summed E-state index contributed by atoms with van der Waals surface area (Å²) in [5.41, 5.74) is 0. The zero-order chi connectivity index (χ0) is 17.8. The first-order valence-corrected chi connectivity index (χ1v) is 9.03. The Morgan fingerprint density at radius 3 is 2.52 bits per heavy atom. The largest absolute Gasteiger partial charge is 0.366 e. The number of ether oxygens (including phenoxy) is 1. The van der Waals surface area contributed by atoms with Crippen LogP contribution in [0.3, 0.4) is 0 Å². The Bertz CT molecular complexity index is 480. The minimum Gasteiger partial charge on any atom is -0.366 e. The van der Waals surface area contributed by atoms with Crippen molar-refractivity contribution in [3.8, 4) is 0 Å². The molecule has 0 aliphatic carbocycles. The quantitative estimate of drug-likeness (QED) is 0.538. The van der Waals surface area contributed by atoms with E-state index in [0.717, 1.165) is 6.54 Å². The van der Waals surface area contributed by atoms with Gasteiger partial charge in [-0.25, -0.2) is 4.39 Å². The van der Waals surface area contributed by atoms with Crippen molar-refractivity contribution in [3.05, 3.63) is 0 Å². The molecule has 25 heavy (non-hydrogen) atoms. The van der Waals surface area contributed by atoms with Gasteiger partial charge in [-0.1, -0.05) is 0 Å². The second-order valence-corrected chi connectivity index (χ2v) is 6.90. The number of piperazine rings is 1. The molecular formula is C16H28FN5O3. The maximum absolute atomic E-state index is 14.5. The SMILES string of the molecule is CC(=O)NC1CNCC(F)C1N1CCN(C(=O)C2CNCCO2)CC1. The van der Waals surface area contributed by atoms with Gasteiger partial charge in [0, 0.05) is 59.3 Å². The number of rotatable bonds is 3. The van der Waals surface area contributed by atoms with E-state index >= 15 is 0 Å². The number of carbonyl (C=O) groups excluding carboxylic acids is 2. The van der Waals surface area contributed by atoms with Gasteiger partial charge in [0.1, 0.15) is 12.3 Å². The van der Waals surface area contributed by atoms with E-state index in [1.54, 1.807) is 4.90 Å².